The Labute approximate surface area is 124 Å². The minimum atomic E-state index is 0.769. The van der Waals surface area contributed by atoms with Gasteiger partial charge in [-0.3, -0.25) is 4.99 Å². The molecule has 2 rings (SSSR count). The first-order valence-corrected chi connectivity index (χ1v) is 8.22. The zero-order valence-corrected chi connectivity index (χ0v) is 13.7. The summed E-state index contributed by atoms with van der Waals surface area (Å²) in [5, 5.41) is 3.62. The van der Waals surface area contributed by atoms with Gasteiger partial charge >= 0.3 is 0 Å². The Bertz CT molecular complexity index is 318. The van der Waals surface area contributed by atoms with Crippen LogP contribution in [0.2, 0.25) is 0 Å². The maximum Gasteiger partial charge on any atom is 0.193 e. The molecule has 0 aromatic carbocycles. The second-order valence-corrected chi connectivity index (χ2v) is 7.05. The van der Waals surface area contributed by atoms with Crippen LogP contribution in [0, 0.1) is 17.8 Å². The van der Waals surface area contributed by atoms with Gasteiger partial charge in [-0.15, -0.1) is 0 Å². The molecular weight excluding hydrogens is 248 g/mol. The summed E-state index contributed by atoms with van der Waals surface area (Å²) in [6, 6.07) is 0. The number of nitrogens with zero attached hydrogens (tertiary/aromatic N) is 3. The molecule has 116 valence electrons. The maximum atomic E-state index is 4.50. The third-order valence-electron chi connectivity index (χ3n) is 4.65. The molecular formula is C16H32N4. The number of aliphatic imine (C=N–C) groups is 1. The predicted octanol–water partition coefficient (Wildman–Crippen LogP) is 1.88. The molecule has 20 heavy (non-hydrogen) atoms. The molecule has 2 saturated heterocycles. The third kappa shape index (κ3) is 4.37. The molecule has 4 heteroatoms. The molecule has 0 aromatic heterocycles. The smallest absolute Gasteiger partial charge is 0.193 e. The van der Waals surface area contributed by atoms with Gasteiger partial charge in [-0.1, -0.05) is 13.8 Å². The summed E-state index contributed by atoms with van der Waals surface area (Å²) in [5.74, 6) is 3.43. The van der Waals surface area contributed by atoms with Crippen LogP contribution in [0.4, 0.5) is 0 Å². The van der Waals surface area contributed by atoms with Crippen LogP contribution in [0.3, 0.4) is 0 Å². The lowest BCUT2D eigenvalue weighted by molar-refractivity contribution is 0.197. The highest BCUT2D eigenvalue weighted by molar-refractivity contribution is 5.80. The van der Waals surface area contributed by atoms with Crippen LogP contribution >= 0.6 is 0 Å². The Hall–Kier alpha value is -0.770. The van der Waals surface area contributed by atoms with E-state index in [-0.39, 0.29) is 0 Å². The standard InChI is InChI=1S/C16H32N4/c1-13-8-14(2)11-20(10-13)16(17-3)18-9-15-6-5-7-19(4)12-15/h13-15H,5-12H2,1-4H3,(H,17,18). The molecule has 2 heterocycles. The van der Waals surface area contributed by atoms with Gasteiger partial charge in [0, 0.05) is 33.2 Å². The van der Waals surface area contributed by atoms with Crippen molar-refractivity contribution in [3.63, 3.8) is 0 Å². The van der Waals surface area contributed by atoms with Crippen LogP contribution in [-0.2, 0) is 0 Å². The van der Waals surface area contributed by atoms with Gasteiger partial charge in [0.1, 0.15) is 0 Å². The Kier molecular flexibility index (Phi) is 5.70. The first-order valence-electron chi connectivity index (χ1n) is 8.22. The molecule has 2 aliphatic heterocycles. The summed E-state index contributed by atoms with van der Waals surface area (Å²) in [6.45, 7) is 10.5. The van der Waals surface area contributed by atoms with Crippen molar-refractivity contribution in [3.8, 4) is 0 Å². The SMILES string of the molecule is CN=C(NCC1CCCN(C)C1)N1CC(C)CC(C)C1. The van der Waals surface area contributed by atoms with Crippen LogP contribution in [0.1, 0.15) is 33.1 Å². The molecule has 3 atom stereocenters. The van der Waals surface area contributed by atoms with Crippen molar-refractivity contribution in [2.75, 3.05) is 46.8 Å². The molecule has 2 fully saturated rings. The Morgan fingerprint density at radius 1 is 1.20 bits per heavy atom. The van der Waals surface area contributed by atoms with Crippen LogP contribution in [0.25, 0.3) is 0 Å². The van der Waals surface area contributed by atoms with Gasteiger partial charge in [0.2, 0.25) is 0 Å². The second kappa shape index (κ2) is 7.30. The lowest BCUT2D eigenvalue weighted by atomic mass is 9.92. The molecule has 0 aliphatic carbocycles. The molecule has 4 nitrogen and oxygen atoms in total. The monoisotopic (exact) mass is 280 g/mol. The van der Waals surface area contributed by atoms with E-state index in [0.29, 0.717) is 0 Å². The summed E-state index contributed by atoms with van der Waals surface area (Å²) in [7, 11) is 4.15. The molecule has 0 radical (unpaired) electrons. The van der Waals surface area contributed by atoms with E-state index in [9.17, 15) is 0 Å². The van der Waals surface area contributed by atoms with Gasteiger partial charge in [0.15, 0.2) is 5.96 Å². The van der Waals surface area contributed by atoms with Crippen molar-refractivity contribution < 1.29 is 0 Å². The van der Waals surface area contributed by atoms with E-state index in [1.54, 1.807) is 0 Å². The van der Waals surface area contributed by atoms with Crippen molar-refractivity contribution in [1.29, 1.82) is 0 Å². The van der Waals surface area contributed by atoms with E-state index < -0.39 is 0 Å². The molecule has 0 bridgehead atoms. The molecule has 3 unspecified atom stereocenters. The highest BCUT2D eigenvalue weighted by atomic mass is 15.3. The zero-order chi connectivity index (χ0) is 14.5. The van der Waals surface area contributed by atoms with Crippen LogP contribution in [0.15, 0.2) is 4.99 Å². The first-order chi connectivity index (χ1) is 9.58. The van der Waals surface area contributed by atoms with E-state index in [2.05, 4.69) is 41.0 Å². The summed E-state index contributed by atoms with van der Waals surface area (Å²) in [4.78, 5) is 9.40. The first kappa shape index (κ1) is 15.6. The van der Waals surface area contributed by atoms with Crippen molar-refractivity contribution in [2.24, 2.45) is 22.7 Å². The number of likely N-dealkylation sites (tertiary alicyclic amines) is 2. The number of nitrogens with one attached hydrogen (secondary N) is 1. The van der Waals surface area contributed by atoms with E-state index >= 15 is 0 Å². The second-order valence-electron chi connectivity index (χ2n) is 7.05. The van der Waals surface area contributed by atoms with Gasteiger partial charge in [-0.05, 0) is 50.6 Å². The molecule has 2 aliphatic rings. The van der Waals surface area contributed by atoms with Crippen molar-refractivity contribution in [2.45, 2.75) is 33.1 Å². The van der Waals surface area contributed by atoms with Crippen LogP contribution in [0.5, 0.6) is 0 Å². The topological polar surface area (TPSA) is 30.9 Å². The molecule has 0 saturated carbocycles. The fourth-order valence-electron chi connectivity index (χ4n) is 3.84. The number of hydrogen-bond acceptors (Lipinski definition) is 2. The molecule has 0 amide bonds. The highest BCUT2D eigenvalue weighted by Crippen LogP contribution is 2.21. The Balaban J connectivity index is 1.83. The highest BCUT2D eigenvalue weighted by Gasteiger charge is 2.25. The molecule has 1 N–H and O–H groups in total. The van der Waals surface area contributed by atoms with E-state index in [4.69, 9.17) is 0 Å². The molecule has 0 spiro atoms. The van der Waals surface area contributed by atoms with Gasteiger partial charge < -0.3 is 15.1 Å². The largest absolute Gasteiger partial charge is 0.356 e. The summed E-state index contributed by atoms with van der Waals surface area (Å²) >= 11 is 0. The van der Waals surface area contributed by atoms with Crippen molar-refractivity contribution >= 4 is 5.96 Å². The van der Waals surface area contributed by atoms with Crippen molar-refractivity contribution in [3.05, 3.63) is 0 Å². The fraction of sp³-hybridized carbons (Fsp3) is 0.938. The van der Waals surface area contributed by atoms with E-state index in [0.717, 1.165) is 43.3 Å². The van der Waals surface area contributed by atoms with E-state index in [1.165, 1.54) is 32.4 Å². The average Bonchev–Trinajstić information content (AvgIpc) is 2.38. The Morgan fingerprint density at radius 3 is 2.50 bits per heavy atom. The zero-order valence-electron chi connectivity index (χ0n) is 13.7. The number of hydrogen-bond donors (Lipinski definition) is 1. The van der Waals surface area contributed by atoms with Crippen molar-refractivity contribution in [1.82, 2.24) is 15.1 Å². The maximum absolute atomic E-state index is 4.50. The fourth-order valence-corrected chi connectivity index (χ4v) is 3.84. The minimum absolute atomic E-state index is 0.769. The number of piperidine rings is 2. The quantitative estimate of drug-likeness (QED) is 0.619. The summed E-state index contributed by atoms with van der Waals surface area (Å²) in [5.41, 5.74) is 0. The number of rotatable bonds is 2. The van der Waals surface area contributed by atoms with Crippen LogP contribution < -0.4 is 5.32 Å². The lowest BCUT2D eigenvalue weighted by Crippen LogP contribution is -2.50. The molecule has 0 aromatic rings. The van der Waals surface area contributed by atoms with Crippen LogP contribution in [-0.4, -0.2) is 62.6 Å². The summed E-state index contributed by atoms with van der Waals surface area (Å²) in [6.07, 6.45) is 4.03. The summed E-state index contributed by atoms with van der Waals surface area (Å²) < 4.78 is 0. The Morgan fingerprint density at radius 2 is 1.90 bits per heavy atom. The number of guanidine groups is 1. The third-order valence-corrected chi connectivity index (χ3v) is 4.65. The minimum Gasteiger partial charge on any atom is -0.356 e. The lowest BCUT2D eigenvalue weighted by Gasteiger charge is -2.38. The van der Waals surface area contributed by atoms with Gasteiger partial charge in [-0.25, -0.2) is 0 Å². The normalized spacial score (nSPS) is 33.3. The van der Waals surface area contributed by atoms with Gasteiger partial charge in [-0.2, -0.15) is 0 Å². The predicted molar refractivity (Wildman–Crippen MR) is 86.1 cm³/mol. The average molecular weight is 280 g/mol. The van der Waals surface area contributed by atoms with Gasteiger partial charge in [0.05, 0.1) is 0 Å². The van der Waals surface area contributed by atoms with Gasteiger partial charge in [0.25, 0.3) is 0 Å². The van der Waals surface area contributed by atoms with E-state index in [1.807, 2.05) is 7.05 Å².